The second-order valence-electron chi connectivity index (χ2n) is 9.85. The van der Waals surface area contributed by atoms with Crippen molar-refractivity contribution in [2.24, 2.45) is 0 Å². The Morgan fingerprint density at radius 2 is 1.78 bits per heavy atom. The SMILES string of the molecule is CN1CCN(c2nc(NCc3ccc(-c4ccccc4O)nc3)c3ncn(C4CCCC4)c3n2)CC1. The van der Waals surface area contributed by atoms with Crippen LogP contribution < -0.4 is 10.2 Å². The minimum Gasteiger partial charge on any atom is -0.507 e. The van der Waals surface area contributed by atoms with Crippen molar-refractivity contribution in [1.82, 2.24) is 29.4 Å². The minimum absolute atomic E-state index is 0.230. The van der Waals surface area contributed by atoms with Crippen molar-refractivity contribution in [2.45, 2.75) is 38.3 Å². The van der Waals surface area contributed by atoms with Crippen LogP contribution in [0.3, 0.4) is 0 Å². The van der Waals surface area contributed by atoms with E-state index in [0.717, 1.165) is 65.9 Å². The maximum absolute atomic E-state index is 10.1. The molecule has 1 aliphatic heterocycles. The van der Waals surface area contributed by atoms with Gasteiger partial charge in [-0.05, 0) is 43.7 Å². The Morgan fingerprint density at radius 3 is 2.53 bits per heavy atom. The Kier molecular flexibility index (Phi) is 6.14. The first-order valence-electron chi connectivity index (χ1n) is 12.8. The predicted octanol–water partition coefficient (Wildman–Crippen LogP) is 4.07. The molecule has 0 amide bonds. The molecule has 1 saturated carbocycles. The van der Waals surface area contributed by atoms with Crippen molar-refractivity contribution in [3.05, 3.63) is 54.5 Å². The van der Waals surface area contributed by atoms with Crippen molar-refractivity contribution in [3.8, 4) is 17.0 Å². The average Bonchev–Trinajstić information content (AvgIpc) is 3.58. The molecule has 2 fully saturated rings. The number of pyridine rings is 1. The van der Waals surface area contributed by atoms with Gasteiger partial charge in [0.15, 0.2) is 17.0 Å². The fraction of sp³-hybridized carbons (Fsp3) is 0.407. The van der Waals surface area contributed by atoms with Gasteiger partial charge in [-0.2, -0.15) is 9.97 Å². The molecule has 4 aromatic rings. The Bertz CT molecular complexity index is 1340. The van der Waals surface area contributed by atoms with Gasteiger partial charge in [0.05, 0.1) is 12.0 Å². The van der Waals surface area contributed by atoms with Crippen LogP contribution in [0.2, 0.25) is 0 Å². The summed E-state index contributed by atoms with van der Waals surface area (Å²) >= 11 is 0. The number of hydrogen-bond donors (Lipinski definition) is 2. The van der Waals surface area contributed by atoms with Crippen LogP contribution in [-0.2, 0) is 6.54 Å². The lowest BCUT2D eigenvalue weighted by atomic mass is 10.1. The number of anilines is 2. The normalized spacial score (nSPS) is 17.2. The molecule has 186 valence electrons. The molecule has 1 saturated heterocycles. The van der Waals surface area contributed by atoms with Crippen molar-refractivity contribution in [2.75, 3.05) is 43.4 Å². The summed E-state index contributed by atoms with van der Waals surface area (Å²) < 4.78 is 2.26. The van der Waals surface area contributed by atoms with Gasteiger partial charge in [-0.3, -0.25) is 4.98 Å². The van der Waals surface area contributed by atoms with Gasteiger partial charge >= 0.3 is 0 Å². The van der Waals surface area contributed by atoms with Crippen molar-refractivity contribution in [1.29, 1.82) is 0 Å². The van der Waals surface area contributed by atoms with E-state index in [1.165, 1.54) is 25.7 Å². The largest absolute Gasteiger partial charge is 0.507 e. The molecule has 1 aromatic carbocycles. The monoisotopic (exact) mass is 484 g/mol. The lowest BCUT2D eigenvalue weighted by Gasteiger charge is -2.32. The third-order valence-electron chi connectivity index (χ3n) is 7.38. The van der Waals surface area contributed by atoms with E-state index in [1.807, 2.05) is 42.9 Å². The van der Waals surface area contributed by atoms with Crippen LogP contribution in [0.15, 0.2) is 48.9 Å². The first-order chi connectivity index (χ1) is 17.7. The maximum atomic E-state index is 10.1. The van der Waals surface area contributed by atoms with Crippen LogP contribution in [-0.4, -0.2) is 67.7 Å². The average molecular weight is 485 g/mol. The summed E-state index contributed by atoms with van der Waals surface area (Å²) in [6, 6.07) is 11.7. The summed E-state index contributed by atoms with van der Waals surface area (Å²) in [4.78, 5) is 23.9. The van der Waals surface area contributed by atoms with Crippen LogP contribution >= 0.6 is 0 Å². The number of nitrogens with one attached hydrogen (secondary N) is 1. The fourth-order valence-corrected chi connectivity index (χ4v) is 5.19. The quantitative estimate of drug-likeness (QED) is 0.423. The first kappa shape index (κ1) is 22.7. The van der Waals surface area contributed by atoms with E-state index in [0.29, 0.717) is 12.6 Å². The number of para-hydroxylation sites is 1. The number of rotatable bonds is 6. The van der Waals surface area contributed by atoms with Crippen LogP contribution in [0.25, 0.3) is 22.4 Å². The standard InChI is InChI=1S/C27H32N8O/c1-33-12-14-34(15-13-33)27-31-25(24-26(32-27)35(18-30-24)20-6-2-3-7-20)29-17-19-10-11-22(28-16-19)21-8-4-5-9-23(21)36/h4-5,8-11,16,18,20,36H,2-3,6-7,12-15,17H2,1H3,(H,29,31,32). The fourth-order valence-electron chi connectivity index (χ4n) is 5.19. The summed E-state index contributed by atoms with van der Waals surface area (Å²) in [6.07, 6.45) is 8.65. The molecule has 0 unspecified atom stereocenters. The van der Waals surface area contributed by atoms with E-state index < -0.39 is 0 Å². The molecule has 9 nitrogen and oxygen atoms in total. The van der Waals surface area contributed by atoms with Gasteiger partial charge in [-0.1, -0.05) is 31.0 Å². The van der Waals surface area contributed by atoms with E-state index in [1.54, 1.807) is 6.07 Å². The highest BCUT2D eigenvalue weighted by Gasteiger charge is 2.24. The summed E-state index contributed by atoms with van der Waals surface area (Å²) in [5.41, 5.74) is 4.23. The number of nitrogens with zero attached hydrogens (tertiary/aromatic N) is 7. The molecule has 4 heterocycles. The molecule has 0 atom stereocenters. The number of benzene rings is 1. The van der Waals surface area contributed by atoms with Crippen molar-refractivity contribution in [3.63, 3.8) is 0 Å². The number of likely N-dealkylation sites (N-methyl/N-ethyl adjacent to an activating group) is 1. The highest BCUT2D eigenvalue weighted by Crippen LogP contribution is 2.33. The molecule has 9 heteroatoms. The number of phenolic OH excluding ortho intramolecular Hbond substituents is 1. The molecule has 2 aliphatic rings. The molecule has 1 aliphatic carbocycles. The number of fused-ring (bicyclic) bond motifs is 1. The number of phenols is 1. The Morgan fingerprint density at radius 1 is 0.972 bits per heavy atom. The second-order valence-corrected chi connectivity index (χ2v) is 9.85. The van der Waals surface area contributed by atoms with Crippen LogP contribution in [0, 0.1) is 0 Å². The van der Waals surface area contributed by atoms with E-state index >= 15 is 0 Å². The van der Waals surface area contributed by atoms with Crippen molar-refractivity contribution >= 4 is 22.9 Å². The minimum atomic E-state index is 0.230. The van der Waals surface area contributed by atoms with E-state index in [9.17, 15) is 5.11 Å². The molecule has 6 rings (SSSR count). The van der Waals surface area contributed by atoms with E-state index in [-0.39, 0.29) is 5.75 Å². The second kappa shape index (κ2) is 9.73. The van der Waals surface area contributed by atoms with Crippen molar-refractivity contribution < 1.29 is 5.11 Å². The number of aromatic nitrogens is 5. The zero-order chi connectivity index (χ0) is 24.5. The van der Waals surface area contributed by atoms with Crippen LogP contribution in [0.5, 0.6) is 5.75 Å². The van der Waals surface area contributed by atoms with Gasteiger partial charge in [-0.15, -0.1) is 0 Å². The van der Waals surface area contributed by atoms with Gasteiger partial charge in [0.1, 0.15) is 5.75 Å². The number of imidazole rings is 1. The molecule has 0 spiro atoms. The summed E-state index contributed by atoms with van der Waals surface area (Å²) in [6.45, 7) is 4.40. The molecule has 3 aromatic heterocycles. The summed E-state index contributed by atoms with van der Waals surface area (Å²) in [5.74, 6) is 1.76. The highest BCUT2D eigenvalue weighted by atomic mass is 16.3. The Labute approximate surface area is 210 Å². The van der Waals surface area contributed by atoms with Gasteiger partial charge in [0.2, 0.25) is 5.95 Å². The molecule has 36 heavy (non-hydrogen) atoms. The number of piperazine rings is 1. The Balaban J connectivity index is 1.28. The zero-order valence-electron chi connectivity index (χ0n) is 20.6. The Hall–Kier alpha value is -3.72. The molecular formula is C27H32N8O. The third kappa shape index (κ3) is 4.46. The molecule has 2 N–H and O–H groups in total. The highest BCUT2D eigenvalue weighted by molar-refractivity contribution is 5.84. The van der Waals surface area contributed by atoms with E-state index in [2.05, 4.69) is 31.7 Å². The van der Waals surface area contributed by atoms with Crippen LogP contribution in [0.4, 0.5) is 11.8 Å². The zero-order valence-corrected chi connectivity index (χ0v) is 20.6. The summed E-state index contributed by atoms with van der Waals surface area (Å²) in [5, 5.41) is 13.6. The topological polar surface area (TPSA) is 95.2 Å². The molecule has 0 bridgehead atoms. The van der Waals surface area contributed by atoms with E-state index in [4.69, 9.17) is 15.0 Å². The van der Waals surface area contributed by atoms with Gasteiger partial charge < -0.3 is 24.8 Å². The lowest BCUT2D eigenvalue weighted by Crippen LogP contribution is -2.45. The number of aromatic hydroxyl groups is 1. The predicted molar refractivity (Wildman–Crippen MR) is 141 cm³/mol. The lowest BCUT2D eigenvalue weighted by molar-refractivity contribution is 0.311. The molecule has 0 radical (unpaired) electrons. The van der Waals surface area contributed by atoms with Gasteiger partial charge in [-0.25, -0.2) is 4.98 Å². The number of hydrogen-bond acceptors (Lipinski definition) is 8. The smallest absolute Gasteiger partial charge is 0.229 e. The third-order valence-corrected chi connectivity index (χ3v) is 7.38. The first-order valence-corrected chi connectivity index (χ1v) is 12.8. The van der Waals surface area contributed by atoms with Crippen LogP contribution in [0.1, 0.15) is 37.3 Å². The maximum Gasteiger partial charge on any atom is 0.229 e. The van der Waals surface area contributed by atoms with Gasteiger partial charge in [0.25, 0.3) is 0 Å². The molecular weight excluding hydrogens is 452 g/mol. The van der Waals surface area contributed by atoms with Gasteiger partial charge in [0, 0.05) is 50.5 Å². The summed E-state index contributed by atoms with van der Waals surface area (Å²) in [7, 11) is 2.15.